The number of rotatable bonds is 2. The van der Waals surface area contributed by atoms with Gasteiger partial charge in [-0.05, 0) is 52.9 Å². The lowest BCUT2D eigenvalue weighted by atomic mass is 9.90. The normalized spacial score (nSPS) is 15.6. The predicted molar refractivity (Wildman–Crippen MR) is 87.5 cm³/mol. The van der Waals surface area contributed by atoms with Crippen LogP contribution in [0.5, 0.6) is 0 Å². The number of nitrogens with zero attached hydrogens (tertiary/aromatic N) is 1. The molecule has 0 aliphatic heterocycles. The third-order valence-electron chi connectivity index (χ3n) is 3.60. The molecule has 0 unspecified atom stereocenters. The molecule has 3 rings (SSSR count). The molecule has 0 saturated carbocycles. The largest absolute Gasteiger partial charge is 0.272 e. The minimum Gasteiger partial charge on any atom is -0.267 e. The zero-order valence-electron chi connectivity index (χ0n) is 11.5. The Morgan fingerprint density at radius 2 is 1.81 bits per heavy atom. The second kappa shape index (κ2) is 6.22. The molecule has 1 N–H and O–H groups in total. The second-order valence-electron chi connectivity index (χ2n) is 4.99. The minimum absolute atomic E-state index is 0.196. The summed E-state index contributed by atoms with van der Waals surface area (Å²) in [6.07, 6.45) is 3.04. The van der Waals surface area contributed by atoms with Crippen molar-refractivity contribution in [2.45, 2.75) is 19.3 Å². The van der Waals surface area contributed by atoms with Crippen LogP contribution in [0.4, 0.5) is 0 Å². The number of hydrogen-bond acceptors (Lipinski definition) is 2. The maximum absolute atomic E-state index is 12.2. The third-order valence-corrected chi connectivity index (χ3v) is 4.29. The van der Waals surface area contributed by atoms with Crippen molar-refractivity contribution in [3.63, 3.8) is 0 Å². The third kappa shape index (κ3) is 3.05. The van der Waals surface area contributed by atoms with E-state index in [0.29, 0.717) is 5.56 Å². The van der Waals surface area contributed by atoms with E-state index in [2.05, 4.69) is 38.6 Å². The van der Waals surface area contributed by atoms with Gasteiger partial charge in [-0.2, -0.15) is 5.10 Å². The van der Waals surface area contributed by atoms with Crippen molar-refractivity contribution in [2.75, 3.05) is 0 Å². The number of fused-ring (bicyclic) bond motifs is 1. The molecule has 0 heterocycles. The van der Waals surface area contributed by atoms with Crippen LogP contribution in [0.3, 0.4) is 0 Å². The summed E-state index contributed by atoms with van der Waals surface area (Å²) in [7, 11) is 0. The molecule has 1 aliphatic rings. The van der Waals surface area contributed by atoms with Gasteiger partial charge < -0.3 is 0 Å². The number of hydrazone groups is 1. The Labute approximate surface area is 132 Å². The molecule has 0 spiro atoms. The van der Waals surface area contributed by atoms with Gasteiger partial charge in [0.2, 0.25) is 0 Å². The molecule has 0 aromatic heterocycles. The van der Waals surface area contributed by atoms with Crippen molar-refractivity contribution in [1.82, 2.24) is 5.43 Å². The summed E-state index contributed by atoms with van der Waals surface area (Å²) < 4.78 is 0.770. The molecule has 1 amide bonds. The number of halogens is 1. The summed E-state index contributed by atoms with van der Waals surface area (Å²) in [6, 6.07) is 15.6. The monoisotopic (exact) mass is 342 g/mol. The first-order valence-electron chi connectivity index (χ1n) is 6.95. The summed E-state index contributed by atoms with van der Waals surface area (Å²) in [5, 5.41) is 4.34. The van der Waals surface area contributed by atoms with Gasteiger partial charge in [0.15, 0.2) is 0 Å². The van der Waals surface area contributed by atoms with Crippen LogP contribution in [0, 0.1) is 0 Å². The number of benzene rings is 2. The van der Waals surface area contributed by atoms with Gasteiger partial charge in [-0.25, -0.2) is 5.43 Å². The Morgan fingerprint density at radius 1 is 1.05 bits per heavy atom. The van der Waals surface area contributed by atoms with Gasteiger partial charge in [0.05, 0.1) is 11.3 Å². The van der Waals surface area contributed by atoms with Crippen LogP contribution in [0.25, 0.3) is 0 Å². The summed E-state index contributed by atoms with van der Waals surface area (Å²) in [4.78, 5) is 12.2. The van der Waals surface area contributed by atoms with E-state index in [9.17, 15) is 4.79 Å². The number of carbonyl (C=O) groups excluding carboxylic acids is 1. The fraction of sp³-hybridized carbons (Fsp3) is 0.176. The lowest BCUT2D eigenvalue weighted by molar-refractivity contribution is 0.0954. The lowest BCUT2D eigenvalue weighted by Gasteiger charge is -2.17. The molecule has 106 valence electrons. The fourth-order valence-electron chi connectivity index (χ4n) is 2.54. The molecule has 21 heavy (non-hydrogen) atoms. The zero-order valence-corrected chi connectivity index (χ0v) is 13.1. The smallest absolute Gasteiger partial charge is 0.267 e. The van der Waals surface area contributed by atoms with Gasteiger partial charge in [-0.15, -0.1) is 0 Å². The first-order chi connectivity index (χ1) is 10.3. The van der Waals surface area contributed by atoms with Gasteiger partial charge in [0, 0.05) is 10.0 Å². The second-order valence-corrected chi connectivity index (χ2v) is 5.84. The van der Waals surface area contributed by atoms with E-state index in [1.165, 1.54) is 5.56 Å². The van der Waals surface area contributed by atoms with Gasteiger partial charge in [0.25, 0.3) is 5.91 Å². The van der Waals surface area contributed by atoms with Crippen molar-refractivity contribution in [3.05, 3.63) is 69.7 Å². The summed E-state index contributed by atoms with van der Waals surface area (Å²) in [6.45, 7) is 0. The average Bonchev–Trinajstić information content (AvgIpc) is 2.53. The van der Waals surface area contributed by atoms with Crippen LogP contribution in [-0.4, -0.2) is 11.6 Å². The molecule has 0 atom stereocenters. The Morgan fingerprint density at radius 3 is 2.67 bits per heavy atom. The van der Waals surface area contributed by atoms with E-state index in [-0.39, 0.29) is 5.91 Å². The Kier molecular flexibility index (Phi) is 4.15. The highest BCUT2D eigenvalue weighted by Gasteiger charge is 2.15. The highest BCUT2D eigenvalue weighted by Crippen LogP contribution is 2.21. The number of amides is 1. The zero-order chi connectivity index (χ0) is 14.7. The molecular formula is C17H15BrN2O. The standard InChI is InChI=1S/C17H15BrN2O/c18-15-10-4-3-9-14(15)17(21)20-19-16-11-5-7-12-6-1-2-8-13(12)16/h1-4,6,8-10H,5,7,11H2,(H,20,21)/b19-16+. The van der Waals surface area contributed by atoms with Crippen molar-refractivity contribution in [3.8, 4) is 0 Å². The van der Waals surface area contributed by atoms with Crippen LogP contribution < -0.4 is 5.43 Å². The van der Waals surface area contributed by atoms with Crippen LogP contribution in [0.1, 0.15) is 34.3 Å². The molecule has 2 aromatic carbocycles. The first-order valence-corrected chi connectivity index (χ1v) is 7.75. The quantitative estimate of drug-likeness (QED) is 0.825. The van der Waals surface area contributed by atoms with Crippen LogP contribution >= 0.6 is 15.9 Å². The Bertz CT molecular complexity index is 709. The van der Waals surface area contributed by atoms with E-state index in [1.54, 1.807) is 6.07 Å². The molecule has 0 radical (unpaired) electrons. The molecule has 1 aliphatic carbocycles. The highest BCUT2D eigenvalue weighted by atomic mass is 79.9. The lowest BCUT2D eigenvalue weighted by Crippen LogP contribution is -2.22. The Hall–Kier alpha value is -1.94. The number of carbonyl (C=O) groups is 1. The minimum atomic E-state index is -0.196. The predicted octanol–water partition coefficient (Wildman–Crippen LogP) is 3.92. The van der Waals surface area contributed by atoms with Crippen molar-refractivity contribution in [2.24, 2.45) is 5.10 Å². The number of hydrogen-bond donors (Lipinski definition) is 1. The first kappa shape index (κ1) is 14.0. The van der Waals surface area contributed by atoms with E-state index in [1.807, 2.05) is 30.3 Å². The molecule has 4 heteroatoms. The Balaban J connectivity index is 1.82. The van der Waals surface area contributed by atoms with E-state index < -0.39 is 0 Å². The van der Waals surface area contributed by atoms with Gasteiger partial charge >= 0.3 is 0 Å². The van der Waals surface area contributed by atoms with Gasteiger partial charge in [-0.1, -0.05) is 36.4 Å². The van der Waals surface area contributed by atoms with Crippen molar-refractivity contribution < 1.29 is 4.79 Å². The van der Waals surface area contributed by atoms with E-state index in [4.69, 9.17) is 0 Å². The molecule has 0 bridgehead atoms. The van der Waals surface area contributed by atoms with E-state index in [0.717, 1.165) is 35.0 Å². The average molecular weight is 343 g/mol. The van der Waals surface area contributed by atoms with Gasteiger partial charge in [0.1, 0.15) is 0 Å². The number of nitrogens with one attached hydrogen (secondary N) is 1. The molecule has 0 saturated heterocycles. The topological polar surface area (TPSA) is 41.5 Å². The van der Waals surface area contributed by atoms with Gasteiger partial charge in [-0.3, -0.25) is 4.79 Å². The fourth-order valence-corrected chi connectivity index (χ4v) is 3.01. The summed E-state index contributed by atoms with van der Waals surface area (Å²) >= 11 is 3.38. The van der Waals surface area contributed by atoms with Crippen molar-refractivity contribution >= 4 is 27.5 Å². The van der Waals surface area contributed by atoms with Crippen molar-refractivity contribution in [1.29, 1.82) is 0 Å². The van der Waals surface area contributed by atoms with Crippen LogP contribution in [-0.2, 0) is 6.42 Å². The summed E-state index contributed by atoms with van der Waals surface area (Å²) in [5.74, 6) is -0.196. The highest BCUT2D eigenvalue weighted by molar-refractivity contribution is 9.10. The molecular weight excluding hydrogens is 328 g/mol. The van der Waals surface area contributed by atoms with E-state index >= 15 is 0 Å². The molecule has 2 aromatic rings. The number of aryl methyl sites for hydroxylation is 1. The maximum Gasteiger partial charge on any atom is 0.272 e. The summed E-state index contributed by atoms with van der Waals surface area (Å²) in [5.41, 5.74) is 6.67. The molecule has 3 nitrogen and oxygen atoms in total. The molecule has 0 fully saturated rings. The SMILES string of the molecule is O=C(N/N=C1\CCCc2ccccc21)c1ccccc1Br. The van der Waals surface area contributed by atoms with Crippen LogP contribution in [0.15, 0.2) is 58.1 Å². The maximum atomic E-state index is 12.2. The van der Waals surface area contributed by atoms with Crippen LogP contribution in [0.2, 0.25) is 0 Å².